The molecule has 1 heterocycles. The highest BCUT2D eigenvalue weighted by Crippen LogP contribution is 2.20. The van der Waals surface area contributed by atoms with E-state index in [1.807, 2.05) is 0 Å². The zero-order chi connectivity index (χ0) is 6.85. The third kappa shape index (κ3) is 1.38. The van der Waals surface area contributed by atoms with Crippen molar-refractivity contribution in [2.75, 3.05) is 6.61 Å². The van der Waals surface area contributed by atoms with Crippen LogP contribution in [0.2, 0.25) is 0 Å². The lowest BCUT2D eigenvalue weighted by Crippen LogP contribution is -2.16. The van der Waals surface area contributed by atoms with Crippen molar-refractivity contribution in [1.82, 2.24) is 0 Å². The van der Waals surface area contributed by atoms with Gasteiger partial charge in [-0.25, -0.2) is 4.39 Å². The van der Waals surface area contributed by atoms with E-state index in [1.165, 1.54) is 0 Å². The molecule has 0 aliphatic carbocycles. The minimum atomic E-state index is -1.33. The van der Waals surface area contributed by atoms with Crippen molar-refractivity contribution >= 4 is 0 Å². The van der Waals surface area contributed by atoms with Gasteiger partial charge < -0.3 is 14.9 Å². The third-order valence-electron chi connectivity index (χ3n) is 1.33. The number of rotatable bonds is 1. The van der Waals surface area contributed by atoms with E-state index < -0.39 is 18.6 Å². The van der Waals surface area contributed by atoms with Gasteiger partial charge in [-0.2, -0.15) is 0 Å². The first kappa shape index (κ1) is 6.92. The molecule has 0 aromatic rings. The summed E-state index contributed by atoms with van der Waals surface area (Å²) in [6.07, 6.45) is -3.09. The molecule has 0 bridgehead atoms. The molecule has 1 rings (SSSR count). The van der Waals surface area contributed by atoms with Crippen molar-refractivity contribution in [1.29, 1.82) is 0 Å². The molecule has 9 heavy (non-hydrogen) atoms. The van der Waals surface area contributed by atoms with Crippen molar-refractivity contribution < 1.29 is 19.3 Å². The van der Waals surface area contributed by atoms with E-state index in [0.29, 0.717) is 0 Å². The Kier molecular flexibility index (Phi) is 2.00. The predicted octanol–water partition coefficient (Wildman–Crippen LogP) is -0.576. The maximum atomic E-state index is 12.3. The number of ether oxygens (including phenoxy) is 1. The van der Waals surface area contributed by atoms with Crippen LogP contribution in [0.1, 0.15) is 6.42 Å². The summed E-state index contributed by atoms with van der Waals surface area (Å²) in [4.78, 5) is 0. The quantitative estimate of drug-likeness (QED) is 0.507. The second-order valence-electron chi connectivity index (χ2n) is 2.08. The molecule has 1 fully saturated rings. The monoisotopic (exact) mass is 136 g/mol. The van der Waals surface area contributed by atoms with Crippen molar-refractivity contribution in [3.05, 3.63) is 0 Å². The molecule has 3 atom stereocenters. The van der Waals surface area contributed by atoms with E-state index in [2.05, 4.69) is 4.74 Å². The van der Waals surface area contributed by atoms with E-state index in [4.69, 9.17) is 10.2 Å². The molecular formula is C5H9FO3. The number of aliphatic hydroxyl groups excluding tert-OH is 2. The second-order valence-corrected chi connectivity index (χ2v) is 2.08. The lowest BCUT2D eigenvalue weighted by molar-refractivity contribution is -0.119. The Labute approximate surface area is 52.1 Å². The van der Waals surface area contributed by atoms with Crippen LogP contribution in [0, 0.1) is 0 Å². The molecule has 1 saturated heterocycles. The van der Waals surface area contributed by atoms with Gasteiger partial charge in [0, 0.05) is 6.42 Å². The summed E-state index contributed by atoms with van der Waals surface area (Å²) in [5, 5.41) is 17.0. The van der Waals surface area contributed by atoms with E-state index in [-0.39, 0.29) is 13.0 Å². The van der Waals surface area contributed by atoms with Crippen molar-refractivity contribution in [2.45, 2.75) is 25.0 Å². The van der Waals surface area contributed by atoms with Crippen LogP contribution in [0.5, 0.6) is 0 Å². The van der Waals surface area contributed by atoms with Crippen LogP contribution in [0.25, 0.3) is 0 Å². The van der Waals surface area contributed by atoms with Crippen molar-refractivity contribution in [3.63, 3.8) is 0 Å². The van der Waals surface area contributed by atoms with Crippen molar-refractivity contribution in [3.8, 4) is 0 Å². The average molecular weight is 136 g/mol. The Balaban J connectivity index is 2.35. The highest BCUT2D eigenvalue weighted by Gasteiger charge is 2.33. The van der Waals surface area contributed by atoms with Crippen LogP contribution in [0.4, 0.5) is 4.39 Å². The minimum Gasteiger partial charge on any atom is -0.394 e. The molecule has 0 amide bonds. The van der Waals surface area contributed by atoms with Crippen LogP contribution in [-0.2, 0) is 4.74 Å². The number of hydrogen-bond donors (Lipinski definition) is 2. The summed E-state index contributed by atoms with van der Waals surface area (Å²) in [6, 6.07) is 0. The van der Waals surface area contributed by atoms with Gasteiger partial charge in [-0.15, -0.1) is 0 Å². The molecule has 0 saturated carbocycles. The molecule has 2 N–H and O–H groups in total. The van der Waals surface area contributed by atoms with Crippen LogP contribution >= 0.6 is 0 Å². The van der Waals surface area contributed by atoms with E-state index >= 15 is 0 Å². The first-order valence-electron chi connectivity index (χ1n) is 2.82. The molecule has 0 aromatic heterocycles. The molecule has 1 aliphatic rings. The van der Waals surface area contributed by atoms with E-state index in [1.54, 1.807) is 0 Å². The maximum Gasteiger partial charge on any atom is 0.186 e. The summed E-state index contributed by atoms with van der Waals surface area (Å²) < 4.78 is 16.8. The number of hydrogen-bond acceptors (Lipinski definition) is 3. The normalized spacial score (nSPS) is 43.7. The van der Waals surface area contributed by atoms with E-state index in [9.17, 15) is 4.39 Å². The Morgan fingerprint density at radius 2 is 2.33 bits per heavy atom. The molecule has 2 unspecified atom stereocenters. The van der Waals surface area contributed by atoms with Gasteiger partial charge in [0.2, 0.25) is 0 Å². The van der Waals surface area contributed by atoms with Gasteiger partial charge in [0.05, 0.1) is 12.7 Å². The highest BCUT2D eigenvalue weighted by atomic mass is 19.1. The topological polar surface area (TPSA) is 49.7 Å². The molecule has 0 radical (unpaired) electrons. The Morgan fingerprint density at radius 1 is 1.67 bits per heavy atom. The average Bonchev–Trinajstić information content (AvgIpc) is 2.13. The number of alkyl halides is 1. The van der Waals surface area contributed by atoms with E-state index in [0.717, 1.165) is 0 Å². The predicted molar refractivity (Wildman–Crippen MR) is 27.5 cm³/mol. The van der Waals surface area contributed by atoms with Gasteiger partial charge in [0.1, 0.15) is 0 Å². The standard InChI is InChI=1S/C5H9FO3/c6-4-1-3(2-7)9-5(4)8/h3-5,7-8H,1-2H2/t3?,4-,5?/m0/s1. The molecule has 54 valence electrons. The van der Waals surface area contributed by atoms with Gasteiger partial charge in [0.15, 0.2) is 12.5 Å². The Hall–Kier alpha value is -0.190. The Bertz CT molecular complexity index is 88.2. The van der Waals surface area contributed by atoms with Gasteiger partial charge in [0.25, 0.3) is 0 Å². The van der Waals surface area contributed by atoms with Crippen LogP contribution in [0.3, 0.4) is 0 Å². The lowest BCUT2D eigenvalue weighted by atomic mass is 10.2. The first-order valence-corrected chi connectivity index (χ1v) is 2.82. The van der Waals surface area contributed by atoms with Crippen LogP contribution in [0.15, 0.2) is 0 Å². The summed E-state index contributed by atoms with van der Waals surface area (Å²) in [6.45, 7) is -0.225. The fourth-order valence-electron chi connectivity index (χ4n) is 0.823. The van der Waals surface area contributed by atoms with Gasteiger partial charge >= 0.3 is 0 Å². The summed E-state index contributed by atoms with van der Waals surface area (Å²) in [5.74, 6) is 0. The zero-order valence-corrected chi connectivity index (χ0v) is 4.83. The summed E-state index contributed by atoms with van der Waals surface area (Å²) in [7, 11) is 0. The molecule has 4 heteroatoms. The molecular weight excluding hydrogens is 127 g/mol. The van der Waals surface area contributed by atoms with Gasteiger partial charge in [-0.05, 0) is 0 Å². The SMILES string of the molecule is OCC1C[C@H](F)C(O)O1. The fourth-order valence-corrected chi connectivity index (χ4v) is 0.823. The number of halogens is 1. The summed E-state index contributed by atoms with van der Waals surface area (Å²) >= 11 is 0. The largest absolute Gasteiger partial charge is 0.394 e. The van der Waals surface area contributed by atoms with Crippen LogP contribution in [-0.4, -0.2) is 35.4 Å². The minimum absolute atomic E-state index is 0.0949. The third-order valence-corrected chi connectivity index (χ3v) is 1.33. The Morgan fingerprint density at radius 3 is 2.56 bits per heavy atom. The fraction of sp³-hybridized carbons (Fsp3) is 1.00. The second kappa shape index (κ2) is 2.60. The lowest BCUT2D eigenvalue weighted by Gasteiger charge is -2.04. The number of aliphatic hydroxyl groups is 2. The first-order chi connectivity index (χ1) is 4.24. The highest BCUT2D eigenvalue weighted by molar-refractivity contribution is 4.74. The zero-order valence-electron chi connectivity index (χ0n) is 4.83. The molecule has 0 aromatic carbocycles. The maximum absolute atomic E-state index is 12.3. The smallest absolute Gasteiger partial charge is 0.186 e. The van der Waals surface area contributed by atoms with Gasteiger partial charge in [-0.3, -0.25) is 0 Å². The summed E-state index contributed by atoms with van der Waals surface area (Å²) in [5.41, 5.74) is 0. The van der Waals surface area contributed by atoms with Crippen LogP contribution < -0.4 is 0 Å². The van der Waals surface area contributed by atoms with Crippen molar-refractivity contribution in [2.24, 2.45) is 0 Å². The molecule has 3 nitrogen and oxygen atoms in total. The van der Waals surface area contributed by atoms with Gasteiger partial charge in [-0.1, -0.05) is 0 Å². The molecule has 1 aliphatic heterocycles. The molecule has 0 spiro atoms.